The molecular weight excluding hydrogens is 331 g/mol. The normalized spacial score (nSPS) is 23.0. The number of para-hydroxylation sites is 1. The van der Waals surface area contributed by atoms with Crippen LogP contribution >= 0.6 is 0 Å². The van der Waals surface area contributed by atoms with Gasteiger partial charge in [0, 0.05) is 31.1 Å². The number of carbonyl (C=O) groups excluding carboxylic acids is 1. The number of likely N-dealkylation sites (tertiary alicyclic amines) is 1. The molecular formula is C17H23FN2O3S. The number of benzene rings is 1. The molecule has 0 spiro atoms. The maximum Gasteiger partial charge on any atom is 0.302 e. The van der Waals surface area contributed by atoms with E-state index in [-0.39, 0.29) is 18.9 Å². The number of hydrogen-bond acceptors (Lipinski definition) is 4. The summed E-state index contributed by atoms with van der Waals surface area (Å²) in [7, 11) is -4.56. The quantitative estimate of drug-likeness (QED) is 0.762. The monoisotopic (exact) mass is 354 g/mol. The average Bonchev–Trinajstić information content (AvgIpc) is 2.87. The molecule has 24 heavy (non-hydrogen) atoms. The van der Waals surface area contributed by atoms with Gasteiger partial charge in [0.25, 0.3) is 0 Å². The first-order chi connectivity index (χ1) is 11.4. The molecule has 132 valence electrons. The van der Waals surface area contributed by atoms with E-state index in [1.807, 2.05) is 24.3 Å². The molecule has 0 radical (unpaired) electrons. The van der Waals surface area contributed by atoms with Gasteiger partial charge in [0.1, 0.15) is 0 Å². The minimum atomic E-state index is -4.56. The largest absolute Gasteiger partial charge is 0.312 e. The molecule has 5 nitrogen and oxygen atoms in total. The highest BCUT2D eigenvalue weighted by atomic mass is 32.3. The third-order valence-electron chi connectivity index (χ3n) is 4.76. The molecule has 0 saturated carbocycles. The van der Waals surface area contributed by atoms with Gasteiger partial charge in [-0.1, -0.05) is 24.6 Å². The molecule has 1 aromatic carbocycles. The van der Waals surface area contributed by atoms with Crippen molar-refractivity contribution in [1.82, 2.24) is 4.90 Å². The highest BCUT2D eigenvalue weighted by Gasteiger charge is 2.34. The summed E-state index contributed by atoms with van der Waals surface area (Å²) in [5.41, 5.74) is 1.89. The molecule has 2 saturated heterocycles. The molecule has 0 N–H and O–H groups in total. The van der Waals surface area contributed by atoms with Crippen molar-refractivity contribution in [2.24, 2.45) is 5.92 Å². The smallest absolute Gasteiger partial charge is 0.302 e. The fourth-order valence-electron chi connectivity index (χ4n) is 3.67. The van der Waals surface area contributed by atoms with E-state index in [1.165, 1.54) is 19.3 Å². The van der Waals surface area contributed by atoms with Crippen LogP contribution in [-0.4, -0.2) is 44.6 Å². The second kappa shape index (κ2) is 7.19. The van der Waals surface area contributed by atoms with Crippen molar-refractivity contribution in [3.8, 4) is 0 Å². The molecule has 2 fully saturated rings. The average molecular weight is 354 g/mol. The van der Waals surface area contributed by atoms with E-state index in [2.05, 4.69) is 4.90 Å². The third-order valence-corrected chi connectivity index (χ3v) is 5.63. The van der Waals surface area contributed by atoms with Crippen LogP contribution in [-0.2, 0) is 21.6 Å². The number of carbonyl (C=O) groups is 1. The van der Waals surface area contributed by atoms with Crippen LogP contribution in [0.5, 0.6) is 0 Å². The third kappa shape index (κ3) is 4.33. The molecule has 0 aliphatic carbocycles. The lowest BCUT2D eigenvalue weighted by Crippen LogP contribution is -2.31. The summed E-state index contributed by atoms with van der Waals surface area (Å²) in [6.45, 7) is 3.17. The van der Waals surface area contributed by atoms with Gasteiger partial charge in [-0.25, -0.2) is 0 Å². The van der Waals surface area contributed by atoms with Gasteiger partial charge < -0.3 is 4.90 Å². The van der Waals surface area contributed by atoms with Gasteiger partial charge in [0.2, 0.25) is 5.91 Å². The highest BCUT2D eigenvalue weighted by Crippen LogP contribution is 2.30. The van der Waals surface area contributed by atoms with Crippen LogP contribution in [0.15, 0.2) is 24.3 Å². The van der Waals surface area contributed by atoms with E-state index in [0.29, 0.717) is 0 Å². The Kier molecular flexibility index (Phi) is 5.20. The van der Waals surface area contributed by atoms with Crippen molar-refractivity contribution >= 4 is 21.8 Å². The first-order valence-electron chi connectivity index (χ1n) is 8.45. The second-order valence-corrected chi connectivity index (χ2v) is 8.16. The number of piperidine rings is 1. The van der Waals surface area contributed by atoms with Crippen LogP contribution in [0.4, 0.5) is 9.57 Å². The summed E-state index contributed by atoms with van der Waals surface area (Å²) in [5, 5.41) is 0. The van der Waals surface area contributed by atoms with Crippen LogP contribution < -0.4 is 4.90 Å². The molecule has 0 aromatic heterocycles. The van der Waals surface area contributed by atoms with Crippen molar-refractivity contribution in [2.45, 2.75) is 32.2 Å². The van der Waals surface area contributed by atoms with Gasteiger partial charge in [0.15, 0.2) is 0 Å². The number of anilines is 1. The van der Waals surface area contributed by atoms with Crippen molar-refractivity contribution in [2.75, 3.05) is 30.3 Å². The van der Waals surface area contributed by atoms with Gasteiger partial charge in [0.05, 0.1) is 5.75 Å². The van der Waals surface area contributed by atoms with Crippen LogP contribution in [0.25, 0.3) is 0 Å². The minimum Gasteiger partial charge on any atom is -0.312 e. The fourth-order valence-corrected chi connectivity index (χ4v) is 4.46. The lowest BCUT2D eigenvalue weighted by atomic mass is 10.1. The van der Waals surface area contributed by atoms with E-state index in [1.54, 1.807) is 4.90 Å². The Hall–Kier alpha value is -1.47. The maximum atomic E-state index is 12.9. The summed E-state index contributed by atoms with van der Waals surface area (Å²) in [6, 6.07) is 7.73. The highest BCUT2D eigenvalue weighted by molar-refractivity contribution is 7.86. The molecule has 2 aliphatic heterocycles. The Morgan fingerprint density at radius 2 is 1.83 bits per heavy atom. The van der Waals surface area contributed by atoms with Crippen molar-refractivity contribution in [1.29, 1.82) is 0 Å². The summed E-state index contributed by atoms with van der Waals surface area (Å²) < 4.78 is 34.6. The predicted molar refractivity (Wildman–Crippen MR) is 90.9 cm³/mol. The summed E-state index contributed by atoms with van der Waals surface area (Å²) in [5.74, 6) is -1.19. The molecule has 2 aliphatic rings. The Bertz CT molecular complexity index is 702. The fraction of sp³-hybridized carbons (Fsp3) is 0.588. The van der Waals surface area contributed by atoms with Gasteiger partial charge in [-0.2, -0.15) is 8.42 Å². The Labute approximate surface area is 142 Å². The predicted octanol–water partition coefficient (Wildman–Crippen LogP) is 2.32. The molecule has 3 rings (SSSR count). The molecule has 2 heterocycles. The zero-order valence-electron chi connectivity index (χ0n) is 13.7. The summed E-state index contributed by atoms with van der Waals surface area (Å²) >= 11 is 0. The molecule has 7 heteroatoms. The van der Waals surface area contributed by atoms with E-state index in [0.717, 1.165) is 30.9 Å². The van der Waals surface area contributed by atoms with E-state index < -0.39 is 21.9 Å². The zero-order chi connectivity index (χ0) is 17.2. The van der Waals surface area contributed by atoms with Crippen molar-refractivity contribution in [3.05, 3.63) is 29.8 Å². The van der Waals surface area contributed by atoms with Gasteiger partial charge in [-0.3, -0.25) is 9.69 Å². The second-order valence-electron chi connectivity index (χ2n) is 6.75. The number of halogens is 1. The molecule has 0 bridgehead atoms. The van der Waals surface area contributed by atoms with Gasteiger partial charge in [-0.05, 0) is 37.6 Å². The lowest BCUT2D eigenvalue weighted by Gasteiger charge is -2.28. The lowest BCUT2D eigenvalue weighted by molar-refractivity contribution is -0.117. The maximum absolute atomic E-state index is 12.9. The number of nitrogens with zero attached hydrogens (tertiary/aromatic N) is 2. The topological polar surface area (TPSA) is 57.7 Å². The minimum absolute atomic E-state index is 0.0845. The van der Waals surface area contributed by atoms with E-state index in [9.17, 15) is 17.1 Å². The number of rotatable bonds is 5. The van der Waals surface area contributed by atoms with Crippen LogP contribution in [0, 0.1) is 5.92 Å². The number of amides is 1. The Balaban J connectivity index is 1.75. The van der Waals surface area contributed by atoms with Crippen LogP contribution in [0.2, 0.25) is 0 Å². The Morgan fingerprint density at radius 1 is 1.12 bits per heavy atom. The zero-order valence-corrected chi connectivity index (χ0v) is 14.5. The molecule has 1 amide bonds. The van der Waals surface area contributed by atoms with Crippen molar-refractivity contribution < 1.29 is 17.1 Å². The van der Waals surface area contributed by atoms with Crippen molar-refractivity contribution in [3.63, 3.8) is 0 Å². The van der Waals surface area contributed by atoms with Crippen LogP contribution in [0.1, 0.15) is 31.2 Å². The van der Waals surface area contributed by atoms with Crippen LogP contribution in [0.3, 0.4) is 0 Å². The first-order valence-corrected chi connectivity index (χ1v) is 10.0. The standard InChI is InChI=1S/C17H23FN2O3S/c18-24(22,23)13-14-10-17(21)20(11-14)16-7-3-2-6-15(16)12-19-8-4-1-5-9-19/h2-3,6-7,14H,1,4-5,8-13H2. The Morgan fingerprint density at radius 3 is 2.54 bits per heavy atom. The molecule has 1 unspecified atom stereocenters. The van der Waals surface area contributed by atoms with Gasteiger partial charge in [-0.15, -0.1) is 3.89 Å². The van der Waals surface area contributed by atoms with E-state index >= 15 is 0 Å². The molecule has 1 atom stereocenters. The summed E-state index contributed by atoms with van der Waals surface area (Å²) in [6.07, 6.45) is 3.74. The van der Waals surface area contributed by atoms with E-state index in [4.69, 9.17) is 0 Å². The summed E-state index contributed by atoms with van der Waals surface area (Å²) in [4.78, 5) is 16.3. The number of hydrogen-bond donors (Lipinski definition) is 0. The first kappa shape index (κ1) is 17.4. The SMILES string of the molecule is O=C1CC(CS(=O)(=O)F)CN1c1ccccc1CN1CCCCC1. The molecule has 1 aromatic rings. The van der Waals surface area contributed by atoms with Gasteiger partial charge >= 0.3 is 10.2 Å².